The first-order valence-corrected chi connectivity index (χ1v) is 9.35. The largest absolute Gasteiger partial charge is 0.426 e. The minimum Gasteiger partial charge on any atom is -0.426 e. The van der Waals surface area contributed by atoms with Crippen LogP contribution in [0.4, 0.5) is 4.39 Å². The molecule has 142 valence electrons. The topological polar surface area (TPSA) is 46.6 Å². The highest BCUT2D eigenvalue weighted by Crippen LogP contribution is 2.24. The summed E-state index contributed by atoms with van der Waals surface area (Å²) in [6.45, 7) is 0.960. The summed E-state index contributed by atoms with van der Waals surface area (Å²) in [6, 6.07) is 19.0. The second-order valence-corrected chi connectivity index (χ2v) is 7.00. The predicted molar refractivity (Wildman–Crippen MR) is 105 cm³/mol. The van der Waals surface area contributed by atoms with Crippen LogP contribution >= 0.6 is 0 Å². The Morgan fingerprint density at radius 2 is 1.57 bits per heavy atom. The smallest absolute Gasteiger partial charge is 0.314 e. The number of piperidine rings is 1. The van der Waals surface area contributed by atoms with E-state index in [2.05, 4.69) is 0 Å². The van der Waals surface area contributed by atoms with E-state index in [1.54, 1.807) is 11.0 Å². The molecule has 28 heavy (non-hydrogen) atoms. The lowest BCUT2D eigenvalue weighted by Gasteiger charge is -2.31. The molecule has 3 aromatic rings. The summed E-state index contributed by atoms with van der Waals surface area (Å²) < 4.78 is 18.6. The van der Waals surface area contributed by atoms with Crippen LogP contribution in [-0.2, 0) is 4.79 Å². The zero-order valence-corrected chi connectivity index (χ0v) is 15.3. The summed E-state index contributed by atoms with van der Waals surface area (Å²) in [6.07, 6.45) is 1.11. The van der Waals surface area contributed by atoms with Gasteiger partial charge in [0.15, 0.2) is 0 Å². The fourth-order valence-corrected chi connectivity index (χ4v) is 3.52. The molecular formula is C23H20FNO3. The minimum absolute atomic E-state index is 0.138. The van der Waals surface area contributed by atoms with E-state index in [4.69, 9.17) is 4.74 Å². The van der Waals surface area contributed by atoms with E-state index in [9.17, 15) is 14.0 Å². The number of hydrogen-bond donors (Lipinski definition) is 0. The standard InChI is InChI=1S/C23H20FNO3/c24-20-8-5-17(6-9-20)22(26)25-13-11-18(12-14-25)23(27)28-21-10-7-16-3-1-2-4-19(16)15-21/h1-10,15,18H,11-14H2. The van der Waals surface area contributed by atoms with Crippen LogP contribution in [0.2, 0.25) is 0 Å². The number of halogens is 1. The summed E-state index contributed by atoms with van der Waals surface area (Å²) in [5, 5.41) is 2.11. The van der Waals surface area contributed by atoms with E-state index in [-0.39, 0.29) is 23.6 Å². The van der Waals surface area contributed by atoms with Crippen molar-refractivity contribution in [1.82, 2.24) is 4.90 Å². The van der Waals surface area contributed by atoms with Gasteiger partial charge in [0.05, 0.1) is 5.92 Å². The number of fused-ring (bicyclic) bond motifs is 1. The zero-order chi connectivity index (χ0) is 19.5. The fourth-order valence-electron chi connectivity index (χ4n) is 3.52. The molecule has 0 radical (unpaired) electrons. The van der Waals surface area contributed by atoms with Crippen LogP contribution in [0.25, 0.3) is 10.8 Å². The van der Waals surface area contributed by atoms with Crippen molar-refractivity contribution in [3.05, 3.63) is 78.1 Å². The number of amides is 1. The Morgan fingerprint density at radius 1 is 0.893 bits per heavy atom. The zero-order valence-electron chi connectivity index (χ0n) is 15.3. The summed E-state index contributed by atoms with van der Waals surface area (Å²) in [4.78, 5) is 26.7. The number of likely N-dealkylation sites (tertiary alicyclic amines) is 1. The summed E-state index contributed by atoms with van der Waals surface area (Å²) in [5.74, 6) is -0.463. The van der Waals surface area contributed by atoms with Gasteiger partial charge in [-0.25, -0.2) is 4.39 Å². The van der Waals surface area contributed by atoms with Crippen molar-refractivity contribution in [3.63, 3.8) is 0 Å². The Kier molecular flexibility index (Phi) is 5.06. The molecule has 4 rings (SSSR count). The molecule has 0 aromatic heterocycles. The Labute approximate surface area is 162 Å². The van der Waals surface area contributed by atoms with Crippen LogP contribution in [0.3, 0.4) is 0 Å². The van der Waals surface area contributed by atoms with E-state index >= 15 is 0 Å². The predicted octanol–water partition coefficient (Wildman–Crippen LogP) is 4.44. The van der Waals surface area contributed by atoms with Gasteiger partial charge in [0, 0.05) is 18.7 Å². The van der Waals surface area contributed by atoms with Gasteiger partial charge in [-0.05, 0) is 60.0 Å². The number of nitrogens with zero attached hydrogens (tertiary/aromatic N) is 1. The Morgan fingerprint density at radius 3 is 2.29 bits per heavy atom. The molecule has 1 amide bonds. The van der Waals surface area contributed by atoms with Gasteiger partial charge in [0.2, 0.25) is 0 Å². The number of carbonyl (C=O) groups is 2. The van der Waals surface area contributed by atoms with Gasteiger partial charge >= 0.3 is 5.97 Å². The maximum absolute atomic E-state index is 13.0. The minimum atomic E-state index is -0.369. The number of hydrogen-bond acceptors (Lipinski definition) is 3. The van der Waals surface area contributed by atoms with E-state index < -0.39 is 0 Å². The first-order chi connectivity index (χ1) is 13.6. The lowest BCUT2D eigenvalue weighted by Crippen LogP contribution is -2.41. The summed E-state index contributed by atoms with van der Waals surface area (Å²) in [5.41, 5.74) is 0.457. The summed E-state index contributed by atoms with van der Waals surface area (Å²) in [7, 11) is 0. The first-order valence-electron chi connectivity index (χ1n) is 9.35. The SMILES string of the molecule is O=C(Oc1ccc2ccccc2c1)C1CCN(C(=O)c2ccc(F)cc2)CC1. The molecule has 0 atom stereocenters. The van der Waals surface area contributed by atoms with Crippen molar-refractivity contribution in [2.45, 2.75) is 12.8 Å². The third-order valence-electron chi connectivity index (χ3n) is 5.15. The number of rotatable bonds is 3. The van der Waals surface area contributed by atoms with E-state index in [0.29, 0.717) is 37.2 Å². The second-order valence-electron chi connectivity index (χ2n) is 7.00. The highest BCUT2D eigenvalue weighted by atomic mass is 19.1. The van der Waals surface area contributed by atoms with Crippen molar-refractivity contribution in [2.75, 3.05) is 13.1 Å². The first kappa shape index (κ1) is 18.2. The third kappa shape index (κ3) is 3.88. The Balaban J connectivity index is 1.35. The number of carbonyl (C=O) groups excluding carboxylic acids is 2. The highest BCUT2D eigenvalue weighted by Gasteiger charge is 2.29. The van der Waals surface area contributed by atoms with Gasteiger partial charge in [-0.15, -0.1) is 0 Å². The lowest BCUT2D eigenvalue weighted by molar-refractivity contribution is -0.140. The second kappa shape index (κ2) is 7.80. The third-order valence-corrected chi connectivity index (χ3v) is 5.15. The van der Waals surface area contributed by atoms with Crippen molar-refractivity contribution in [3.8, 4) is 5.75 Å². The van der Waals surface area contributed by atoms with Crippen LogP contribution in [0.1, 0.15) is 23.2 Å². The molecule has 5 heteroatoms. The number of benzene rings is 3. The molecule has 0 bridgehead atoms. The van der Waals surface area contributed by atoms with Gasteiger partial charge in [0.25, 0.3) is 5.91 Å². The fraction of sp³-hybridized carbons (Fsp3) is 0.217. The Bertz CT molecular complexity index is 1010. The number of esters is 1. The lowest BCUT2D eigenvalue weighted by atomic mass is 9.96. The maximum atomic E-state index is 13.0. The van der Waals surface area contributed by atoms with E-state index in [0.717, 1.165) is 10.8 Å². The molecule has 0 spiro atoms. The average Bonchev–Trinajstić information content (AvgIpc) is 2.74. The molecule has 1 heterocycles. The van der Waals surface area contributed by atoms with Crippen molar-refractivity contribution < 1.29 is 18.7 Å². The van der Waals surface area contributed by atoms with Crippen LogP contribution in [0.15, 0.2) is 66.7 Å². The summed E-state index contributed by atoms with van der Waals surface area (Å²) >= 11 is 0. The molecule has 0 N–H and O–H groups in total. The van der Waals surface area contributed by atoms with E-state index in [1.165, 1.54) is 24.3 Å². The van der Waals surface area contributed by atoms with Crippen molar-refractivity contribution >= 4 is 22.6 Å². The van der Waals surface area contributed by atoms with Gasteiger partial charge in [-0.2, -0.15) is 0 Å². The van der Waals surface area contributed by atoms with Crippen molar-refractivity contribution in [1.29, 1.82) is 0 Å². The van der Waals surface area contributed by atoms with Gasteiger partial charge in [-0.1, -0.05) is 30.3 Å². The maximum Gasteiger partial charge on any atom is 0.314 e. The number of ether oxygens (including phenoxy) is 1. The molecule has 1 fully saturated rings. The molecule has 3 aromatic carbocycles. The average molecular weight is 377 g/mol. The van der Waals surface area contributed by atoms with Gasteiger partial charge in [0.1, 0.15) is 11.6 Å². The van der Waals surface area contributed by atoms with Crippen LogP contribution < -0.4 is 4.74 Å². The van der Waals surface area contributed by atoms with Crippen LogP contribution in [0.5, 0.6) is 5.75 Å². The van der Waals surface area contributed by atoms with Crippen LogP contribution in [-0.4, -0.2) is 29.9 Å². The molecule has 1 aliphatic heterocycles. The molecule has 1 aliphatic rings. The Hall–Kier alpha value is -3.21. The molecule has 0 aliphatic carbocycles. The van der Waals surface area contributed by atoms with Crippen LogP contribution in [0, 0.1) is 11.7 Å². The normalized spacial score (nSPS) is 14.8. The molecule has 0 saturated carbocycles. The van der Waals surface area contributed by atoms with Gasteiger partial charge < -0.3 is 9.64 Å². The van der Waals surface area contributed by atoms with Crippen molar-refractivity contribution in [2.24, 2.45) is 5.92 Å². The quantitative estimate of drug-likeness (QED) is 0.501. The van der Waals surface area contributed by atoms with Gasteiger partial charge in [-0.3, -0.25) is 9.59 Å². The molecule has 1 saturated heterocycles. The highest BCUT2D eigenvalue weighted by molar-refractivity contribution is 5.94. The molecular weight excluding hydrogens is 357 g/mol. The monoisotopic (exact) mass is 377 g/mol. The van der Waals surface area contributed by atoms with E-state index in [1.807, 2.05) is 36.4 Å². The molecule has 0 unspecified atom stereocenters. The molecule has 4 nitrogen and oxygen atoms in total.